The van der Waals surface area contributed by atoms with Crippen molar-refractivity contribution in [2.75, 3.05) is 26.9 Å². The predicted octanol–water partition coefficient (Wildman–Crippen LogP) is 0.548. The molecule has 0 aromatic carbocycles. The van der Waals surface area contributed by atoms with E-state index in [0.29, 0.717) is 12.5 Å². The van der Waals surface area contributed by atoms with Crippen molar-refractivity contribution >= 4 is 5.91 Å². The molecular weight excluding hydrogens is 182 g/mol. The summed E-state index contributed by atoms with van der Waals surface area (Å²) in [5.74, 6) is 0.289. The Bertz CT molecular complexity index is 144. The molecule has 14 heavy (non-hydrogen) atoms. The predicted molar refractivity (Wildman–Crippen MR) is 55.0 cm³/mol. The van der Waals surface area contributed by atoms with Gasteiger partial charge in [-0.25, -0.2) is 0 Å². The van der Waals surface area contributed by atoms with Gasteiger partial charge < -0.3 is 15.2 Å². The van der Waals surface area contributed by atoms with Crippen molar-refractivity contribution in [3.05, 3.63) is 0 Å². The zero-order valence-corrected chi connectivity index (χ0v) is 9.08. The summed E-state index contributed by atoms with van der Waals surface area (Å²) in [6.45, 7) is 3.03. The Morgan fingerprint density at radius 3 is 2.71 bits per heavy atom. The van der Waals surface area contributed by atoms with E-state index in [4.69, 9.17) is 9.84 Å². The molecule has 2 N–H and O–H groups in total. The van der Waals surface area contributed by atoms with Crippen molar-refractivity contribution < 1.29 is 14.6 Å². The first-order valence-electron chi connectivity index (χ1n) is 5.11. The van der Waals surface area contributed by atoms with Gasteiger partial charge in [0.2, 0.25) is 5.91 Å². The fourth-order valence-electron chi connectivity index (χ4n) is 1.38. The molecular formula is C10H21NO3. The number of aliphatic hydroxyl groups is 1. The number of amides is 1. The topological polar surface area (TPSA) is 58.6 Å². The molecule has 0 aliphatic rings. The summed E-state index contributed by atoms with van der Waals surface area (Å²) in [4.78, 5) is 11.1. The zero-order valence-electron chi connectivity index (χ0n) is 9.08. The molecule has 4 heteroatoms. The lowest BCUT2D eigenvalue weighted by Crippen LogP contribution is -2.32. The lowest BCUT2D eigenvalue weighted by Gasteiger charge is -2.15. The van der Waals surface area contributed by atoms with E-state index in [1.54, 1.807) is 0 Å². The van der Waals surface area contributed by atoms with Crippen molar-refractivity contribution in [1.82, 2.24) is 5.32 Å². The van der Waals surface area contributed by atoms with Crippen molar-refractivity contribution in [3.8, 4) is 0 Å². The maximum Gasteiger partial charge on any atom is 0.245 e. The number of rotatable bonds is 8. The molecule has 84 valence electrons. The highest BCUT2D eigenvalue weighted by atomic mass is 16.5. The molecule has 0 spiro atoms. The van der Waals surface area contributed by atoms with Crippen molar-refractivity contribution in [2.45, 2.75) is 26.2 Å². The number of carbonyl (C=O) groups is 1. The van der Waals surface area contributed by atoms with Gasteiger partial charge in [0.15, 0.2) is 0 Å². The summed E-state index contributed by atoms with van der Waals surface area (Å²) < 4.78 is 4.69. The maximum absolute atomic E-state index is 11.1. The number of ether oxygens (including phenoxy) is 1. The van der Waals surface area contributed by atoms with Crippen LogP contribution in [-0.4, -0.2) is 37.9 Å². The van der Waals surface area contributed by atoms with Crippen LogP contribution in [-0.2, 0) is 9.53 Å². The van der Waals surface area contributed by atoms with Crippen molar-refractivity contribution in [3.63, 3.8) is 0 Å². The van der Waals surface area contributed by atoms with Gasteiger partial charge >= 0.3 is 0 Å². The Balaban J connectivity index is 3.63. The van der Waals surface area contributed by atoms with Gasteiger partial charge in [-0.05, 0) is 18.8 Å². The molecule has 1 atom stereocenters. The molecule has 0 fully saturated rings. The van der Waals surface area contributed by atoms with E-state index in [9.17, 15) is 4.79 Å². The standard InChI is InChI=1S/C10H21NO3/c1-3-4-9(5-6-12)7-11-10(13)8-14-2/h9,12H,3-8H2,1-2H3,(H,11,13). The first-order valence-corrected chi connectivity index (χ1v) is 5.11. The molecule has 4 nitrogen and oxygen atoms in total. The first-order chi connectivity index (χ1) is 6.74. The molecule has 0 aromatic rings. The second-order valence-electron chi connectivity index (χ2n) is 3.40. The fraction of sp³-hybridized carbons (Fsp3) is 0.900. The van der Waals surface area contributed by atoms with Crippen LogP contribution in [0.25, 0.3) is 0 Å². The van der Waals surface area contributed by atoms with Gasteiger partial charge in [-0.3, -0.25) is 4.79 Å². The summed E-state index contributed by atoms with van der Waals surface area (Å²) in [6.07, 6.45) is 2.86. The summed E-state index contributed by atoms with van der Waals surface area (Å²) in [6, 6.07) is 0. The third-order valence-electron chi connectivity index (χ3n) is 2.10. The van der Waals surface area contributed by atoms with Crippen LogP contribution in [0.3, 0.4) is 0 Å². The Hall–Kier alpha value is -0.610. The summed E-state index contributed by atoms with van der Waals surface area (Å²) in [5.41, 5.74) is 0. The number of hydrogen-bond acceptors (Lipinski definition) is 3. The van der Waals surface area contributed by atoms with Gasteiger partial charge in [0.25, 0.3) is 0 Å². The summed E-state index contributed by atoms with van der Waals surface area (Å²) >= 11 is 0. The highest BCUT2D eigenvalue weighted by Gasteiger charge is 2.08. The molecule has 0 radical (unpaired) electrons. The van der Waals surface area contributed by atoms with Gasteiger partial charge in [-0.2, -0.15) is 0 Å². The smallest absolute Gasteiger partial charge is 0.245 e. The van der Waals surface area contributed by atoms with E-state index in [1.807, 2.05) is 0 Å². The largest absolute Gasteiger partial charge is 0.396 e. The molecule has 0 bridgehead atoms. The van der Waals surface area contributed by atoms with Crippen LogP contribution in [0.5, 0.6) is 0 Å². The first kappa shape index (κ1) is 13.4. The van der Waals surface area contributed by atoms with E-state index >= 15 is 0 Å². The monoisotopic (exact) mass is 203 g/mol. The van der Waals surface area contributed by atoms with Crippen LogP contribution in [0.2, 0.25) is 0 Å². The van der Waals surface area contributed by atoms with Crippen molar-refractivity contribution in [2.24, 2.45) is 5.92 Å². The Kier molecular flexibility index (Phi) is 8.57. The number of hydrogen-bond donors (Lipinski definition) is 2. The minimum Gasteiger partial charge on any atom is -0.396 e. The maximum atomic E-state index is 11.1. The van der Waals surface area contributed by atoms with Crippen LogP contribution < -0.4 is 5.32 Å². The highest BCUT2D eigenvalue weighted by Crippen LogP contribution is 2.08. The van der Waals surface area contributed by atoms with E-state index in [2.05, 4.69) is 12.2 Å². The highest BCUT2D eigenvalue weighted by molar-refractivity contribution is 5.77. The zero-order chi connectivity index (χ0) is 10.8. The molecule has 1 unspecified atom stereocenters. The summed E-state index contributed by atoms with van der Waals surface area (Å²) in [7, 11) is 1.50. The number of nitrogens with one attached hydrogen (secondary N) is 1. The van der Waals surface area contributed by atoms with E-state index in [-0.39, 0.29) is 19.1 Å². The Morgan fingerprint density at radius 2 is 2.21 bits per heavy atom. The molecule has 0 aromatic heterocycles. The van der Waals surface area contributed by atoms with Crippen LogP contribution in [0.15, 0.2) is 0 Å². The molecule has 1 amide bonds. The van der Waals surface area contributed by atoms with Crippen LogP contribution in [0, 0.1) is 5.92 Å². The normalized spacial score (nSPS) is 12.5. The van der Waals surface area contributed by atoms with Gasteiger partial charge in [0, 0.05) is 20.3 Å². The Labute approximate surface area is 85.6 Å². The lowest BCUT2D eigenvalue weighted by atomic mass is 10.0. The molecule has 0 rings (SSSR count). The van der Waals surface area contributed by atoms with Crippen LogP contribution in [0.1, 0.15) is 26.2 Å². The average molecular weight is 203 g/mol. The van der Waals surface area contributed by atoms with E-state index in [0.717, 1.165) is 19.3 Å². The molecule has 0 heterocycles. The third-order valence-corrected chi connectivity index (χ3v) is 2.10. The van der Waals surface area contributed by atoms with Gasteiger partial charge in [0.1, 0.15) is 6.61 Å². The van der Waals surface area contributed by atoms with Crippen molar-refractivity contribution in [1.29, 1.82) is 0 Å². The summed E-state index contributed by atoms with van der Waals surface area (Å²) in [5, 5.41) is 11.6. The third kappa shape index (κ3) is 6.86. The average Bonchev–Trinajstić information content (AvgIpc) is 2.15. The van der Waals surface area contributed by atoms with Crippen LogP contribution in [0.4, 0.5) is 0 Å². The second kappa shape index (κ2) is 8.97. The van der Waals surface area contributed by atoms with Gasteiger partial charge in [0.05, 0.1) is 0 Å². The minimum atomic E-state index is -0.0912. The molecule has 0 saturated heterocycles. The fourth-order valence-corrected chi connectivity index (χ4v) is 1.38. The number of methoxy groups -OCH3 is 1. The van der Waals surface area contributed by atoms with E-state index in [1.165, 1.54) is 7.11 Å². The van der Waals surface area contributed by atoms with Gasteiger partial charge in [-0.1, -0.05) is 13.3 Å². The SMILES string of the molecule is CCCC(CCO)CNC(=O)COC. The van der Waals surface area contributed by atoms with E-state index < -0.39 is 0 Å². The number of carbonyl (C=O) groups excluding carboxylic acids is 1. The van der Waals surface area contributed by atoms with Gasteiger partial charge in [-0.15, -0.1) is 0 Å². The van der Waals surface area contributed by atoms with Crippen LogP contribution >= 0.6 is 0 Å². The second-order valence-corrected chi connectivity index (χ2v) is 3.40. The quantitative estimate of drug-likeness (QED) is 0.605. The lowest BCUT2D eigenvalue weighted by molar-refractivity contribution is -0.124. The minimum absolute atomic E-state index is 0.0912. The molecule has 0 aliphatic carbocycles. The number of aliphatic hydroxyl groups excluding tert-OH is 1. The molecule has 0 saturated carbocycles. The Morgan fingerprint density at radius 1 is 1.50 bits per heavy atom. The molecule has 0 aliphatic heterocycles.